The molecule has 5 atom stereocenters. The molecule has 1 N–H and O–H groups in total. The lowest BCUT2D eigenvalue weighted by Crippen LogP contribution is -2.65. The van der Waals surface area contributed by atoms with E-state index in [0.29, 0.717) is 16.6 Å². The Hall–Kier alpha value is -1.90. The van der Waals surface area contributed by atoms with Crippen molar-refractivity contribution in [1.29, 1.82) is 0 Å². The van der Waals surface area contributed by atoms with Gasteiger partial charge in [-0.3, -0.25) is 9.69 Å². The summed E-state index contributed by atoms with van der Waals surface area (Å²) in [5, 5.41) is 2.99. The van der Waals surface area contributed by atoms with Crippen LogP contribution in [0.2, 0.25) is 16.6 Å². The molecule has 1 aromatic carbocycles. The van der Waals surface area contributed by atoms with Crippen LogP contribution in [0.25, 0.3) is 0 Å². The summed E-state index contributed by atoms with van der Waals surface area (Å²) < 4.78 is 18.4. The van der Waals surface area contributed by atoms with E-state index in [0.717, 1.165) is 5.56 Å². The maximum absolute atomic E-state index is 13.3. The van der Waals surface area contributed by atoms with Gasteiger partial charge in [-0.15, -0.1) is 0 Å². The summed E-state index contributed by atoms with van der Waals surface area (Å²) in [6, 6.07) is 8.55. The van der Waals surface area contributed by atoms with Crippen molar-refractivity contribution in [3.63, 3.8) is 0 Å². The zero-order valence-electron chi connectivity index (χ0n) is 21.2. The number of ether oxygens (including phenoxy) is 2. The van der Waals surface area contributed by atoms with Crippen LogP contribution in [0.5, 0.6) is 0 Å². The molecular weight excluding hydrogens is 436 g/mol. The number of benzene rings is 1. The maximum atomic E-state index is 13.3. The second-order valence-corrected chi connectivity index (χ2v) is 15.7. The van der Waals surface area contributed by atoms with Crippen LogP contribution in [-0.2, 0) is 18.7 Å². The zero-order chi connectivity index (χ0) is 24.5. The van der Waals surface area contributed by atoms with E-state index in [9.17, 15) is 9.59 Å². The summed E-state index contributed by atoms with van der Waals surface area (Å²) >= 11 is 0. The van der Waals surface area contributed by atoms with E-state index in [1.807, 2.05) is 44.2 Å². The molecule has 3 rings (SSSR count). The van der Waals surface area contributed by atoms with Gasteiger partial charge in [0, 0.05) is 0 Å². The van der Waals surface area contributed by atoms with Gasteiger partial charge in [-0.1, -0.05) is 71.9 Å². The van der Waals surface area contributed by atoms with Crippen LogP contribution in [0.1, 0.15) is 67.0 Å². The van der Waals surface area contributed by atoms with Crippen molar-refractivity contribution in [3.8, 4) is 0 Å². The molecular formula is C25H40N2O5Si. The Bertz CT molecular complexity index is 810. The number of carbonyl (C=O) groups is 2. The monoisotopic (exact) mass is 476 g/mol. The molecule has 1 aromatic rings. The molecule has 2 heterocycles. The minimum absolute atomic E-state index is 0.216. The predicted molar refractivity (Wildman–Crippen MR) is 130 cm³/mol. The third kappa shape index (κ3) is 4.84. The number of nitrogens with one attached hydrogen (secondary N) is 1. The quantitative estimate of drug-likeness (QED) is 0.535. The van der Waals surface area contributed by atoms with Gasteiger partial charge in [-0.05, 0) is 36.0 Å². The summed E-state index contributed by atoms with van der Waals surface area (Å²) in [5.74, 6) is -0.236. The van der Waals surface area contributed by atoms with Crippen molar-refractivity contribution in [2.24, 2.45) is 0 Å². The van der Waals surface area contributed by atoms with Crippen LogP contribution in [0, 0.1) is 0 Å². The molecule has 3 unspecified atom stereocenters. The van der Waals surface area contributed by atoms with Gasteiger partial charge >= 0.3 is 6.09 Å². The molecule has 0 bridgehead atoms. The van der Waals surface area contributed by atoms with Gasteiger partial charge in [0.1, 0.15) is 12.6 Å². The first kappa shape index (κ1) is 25.7. The molecule has 2 amide bonds. The highest BCUT2D eigenvalue weighted by atomic mass is 28.4. The van der Waals surface area contributed by atoms with Gasteiger partial charge in [-0.2, -0.15) is 0 Å². The molecule has 7 nitrogen and oxygen atoms in total. The van der Waals surface area contributed by atoms with Crippen molar-refractivity contribution >= 4 is 20.3 Å². The van der Waals surface area contributed by atoms with E-state index in [-0.39, 0.29) is 24.7 Å². The molecule has 0 spiro atoms. The summed E-state index contributed by atoms with van der Waals surface area (Å²) in [4.78, 5) is 27.5. The molecule has 0 aromatic heterocycles. The zero-order valence-corrected chi connectivity index (χ0v) is 22.2. The largest absolute Gasteiger partial charge is 0.447 e. The van der Waals surface area contributed by atoms with Crippen LogP contribution in [0.3, 0.4) is 0 Å². The van der Waals surface area contributed by atoms with Crippen molar-refractivity contribution < 1.29 is 23.5 Å². The van der Waals surface area contributed by atoms with Crippen molar-refractivity contribution in [3.05, 3.63) is 35.9 Å². The van der Waals surface area contributed by atoms with Crippen LogP contribution < -0.4 is 5.32 Å². The molecule has 8 heteroatoms. The van der Waals surface area contributed by atoms with Crippen LogP contribution >= 0.6 is 0 Å². The first-order valence-electron chi connectivity index (χ1n) is 12.1. The lowest BCUT2D eigenvalue weighted by Gasteiger charge is -2.47. The highest BCUT2D eigenvalue weighted by molar-refractivity contribution is 6.77. The highest BCUT2D eigenvalue weighted by Crippen LogP contribution is 2.43. The Kier molecular flexibility index (Phi) is 7.91. The Labute approximate surface area is 199 Å². The standard InChI is InChI=1S/C25H40N2O5Si/c1-15(2)33(16(3)4,17(5)6)32-19(8)24-26-23(28)22(18(7)31-24)27-21(14-30-25(27)29)20-12-10-9-11-13-20/h9-13,15-19,21-22,24H,14H2,1-8H3,(H,26,28)/t18?,19-,21+,22?,24?/m0/s1. The van der Waals surface area contributed by atoms with Gasteiger partial charge in [0.25, 0.3) is 0 Å². The number of nitrogens with zero attached hydrogens (tertiary/aromatic N) is 1. The third-order valence-electron chi connectivity index (χ3n) is 7.28. The topological polar surface area (TPSA) is 77.1 Å². The summed E-state index contributed by atoms with van der Waals surface area (Å²) in [6.07, 6.45) is -1.86. The lowest BCUT2D eigenvalue weighted by molar-refractivity contribution is -0.164. The number of hydrogen-bond acceptors (Lipinski definition) is 5. The van der Waals surface area contributed by atoms with Crippen molar-refractivity contribution in [2.75, 3.05) is 6.61 Å². The van der Waals surface area contributed by atoms with Crippen LogP contribution in [0.15, 0.2) is 30.3 Å². The van der Waals surface area contributed by atoms with Gasteiger partial charge in [0.05, 0.1) is 18.2 Å². The molecule has 2 aliphatic heterocycles. The summed E-state index contributed by atoms with van der Waals surface area (Å²) in [6.45, 7) is 17.5. The van der Waals surface area contributed by atoms with E-state index in [2.05, 4.69) is 46.9 Å². The van der Waals surface area contributed by atoms with E-state index >= 15 is 0 Å². The van der Waals surface area contributed by atoms with Crippen molar-refractivity contribution in [2.45, 2.75) is 103 Å². The Morgan fingerprint density at radius 3 is 2.09 bits per heavy atom. The van der Waals surface area contributed by atoms with E-state index in [1.54, 1.807) is 0 Å². The second kappa shape index (κ2) is 10.2. The summed E-state index contributed by atoms with van der Waals surface area (Å²) in [5.41, 5.74) is 2.21. The molecule has 33 heavy (non-hydrogen) atoms. The maximum Gasteiger partial charge on any atom is 0.411 e. The lowest BCUT2D eigenvalue weighted by atomic mass is 10.0. The average molecular weight is 477 g/mol. The van der Waals surface area contributed by atoms with Crippen molar-refractivity contribution in [1.82, 2.24) is 10.2 Å². The van der Waals surface area contributed by atoms with Gasteiger partial charge in [-0.25, -0.2) is 4.79 Å². The van der Waals surface area contributed by atoms with Gasteiger partial charge in [0.2, 0.25) is 14.2 Å². The first-order chi connectivity index (χ1) is 15.5. The SMILES string of the molecule is CC1OC([C@H](C)O[Si](C(C)C)(C(C)C)C(C)C)NC(=O)C1N1C(=O)OC[C@@H]1c1ccccc1. The molecule has 2 fully saturated rings. The van der Waals surface area contributed by atoms with E-state index in [1.165, 1.54) is 4.90 Å². The molecule has 2 aliphatic rings. The number of hydrogen-bond donors (Lipinski definition) is 1. The average Bonchev–Trinajstić information content (AvgIpc) is 3.12. The Morgan fingerprint density at radius 2 is 1.58 bits per heavy atom. The predicted octanol–water partition coefficient (Wildman–Crippen LogP) is 4.99. The number of cyclic esters (lactones) is 1. The molecule has 0 radical (unpaired) electrons. The normalized spacial score (nSPS) is 27.3. The molecule has 0 saturated carbocycles. The van der Waals surface area contributed by atoms with Crippen LogP contribution in [0.4, 0.5) is 4.79 Å². The van der Waals surface area contributed by atoms with Gasteiger partial charge < -0.3 is 19.2 Å². The van der Waals surface area contributed by atoms with Crippen LogP contribution in [-0.4, -0.2) is 56.3 Å². The smallest absolute Gasteiger partial charge is 0.411 e. The minimum atomic E-state index is -2.14. The number of rotatable bonds is 8. The fourth-order valence-corrected chi connectivity index (χ4v) is 11.4. The second-order valence-electron chi connectivity index (χ2n) is 10.3. The third-order valence-corrected chi connectivity index (χ3v) is 13.5. The highest BCUT2D eigenvalue weighted by Gasteiger charge is 2.51. The van der Waals surface area contributed by atoms with Gasteiger partial charge in [0.15, 0.2) is 6.23 Å². The molecule has 2 saturated heterocycles. The Morgan fingerprint density at radius 1 is 1.00 bits per heavy atom. The minimum Gasteiger partial charge on any atom is -0.447 e. The number of carbonyl (C=O) groups excluding carboxylic acids is 2. The fraction of sp³-hybridized carbons (Fsp3) is 0.680. The summed E-state index contributed by atoms with van der Waals surface area (Å²) in [7, 11) is -2.14. The first-order valence-corrected chi connectivity index (χ1v) is 14.3. The fourth-order valence-electron chi connectivity index (χ4n) is 5.82. The Balaban J connectivity index is 1.78. The molecule has 0 aliphatic carbocycles. The van der Waals surface area contributed by atoms with E-state index < -0.39 is 32.8 Å². The number of amides is 2. The van der Waals surface area contributed by atoms with E-state index in [4.69, 9.17) is 13.9 Å². The molecule has 184 valence electrons.